The van der Waals surface area contributed by atoms with Crippen LogP contribution in [0.1, 0.15) is 148 Å². The van der Waals surface area contributed by atoms with Crippen LogP contribution in [0.5, 0.6) is 0 Å². The lowest BCUT2D eigenvalue weighted by atomic mass is 10.1. The highest BCUT2D eigenvalue weighted by atomic mass is 32.2. The second-order valence-electron chi connectivity index (χ2n) is 29.6. The number of rotatable bonds is 0. The Morgan fingerprint density at radius 3 is 1.21 bits per heavy atom. The van der Waals surface area contributed by atoms with Crippen molar-refractivity contribution >= 4 is 131 Å². The Hall–Kier alpha value is -10.4. The molecule has 11 aliphatic heterocycles. The summed E-state index contributed by atoms with van der Waals surface area (Å²) in [7, 11) is -2.90. The Bertz CT molecular complexity index is 4430. The van der Waals surface area contributed by atoms with Gasteiger partial charge in [0.15, 0.2) is 9.84 Å². The first-order valence-electron chi connectivity index (χ1n) is 43.0. The first-order valence-corrected chi connectivity index (χ1v) is 49.1. The van der Waals surface area contributed by atoms with Gasteiger partial charge in [-0.25, -0.2) is 8.42 Å². The summed E-state index contributed by atoms with van der Waals surface area (Å²) in [6.45, 7) is 17.0. The number of aryl methyl sites for hydroxylation is 1. The molecule has 22 rings (SSSR count). The second-order valence-corrected chi connectivity index (χ2v) is 36.0. The minimum absolute atomic E-state index is 0. The number of nitrogens with one attached hydrogen (secondary N) is 13. The predicted octanol–water partition coefficient (Wildman–Crippen LogP) is 24.7. The Morgan fingerprint density at radius 2 is 0.672 bits per heavy atom. The molecule has 0 fully saturated rings. The number of aliphatic imine (C=N–C) groups is 1. The zero-order chi connectivity index (χ0) is 84.5. The molecule has 10 aromatic carbocycles. The SMILES string of the molecule is C.C.C.C.C.C.C.C.C.C.C1=NCCNc2ccccc21.C1=NNCNc2ccccc21.O.O=S1(=O)CCNc2ccccc2C1.c1cc2c(s1)NCCOC2.c1ccc2c(c1)CCCCN2.c1ccc2c(c1)CCNCN2.c1ccc2c(c1)CCOCCN2.c1ccc2c(c1)COCCN2.c1ccc2c(c1)CSCCN2.c1ccc2c(c1)CSCCN2.c1ccc2c(c1)CSCCN2. The second kappa shape index (κ2) is 71.2. The molecular weight excluding hydrogens is 1760 g/mol. The van der Waals surface area contributed by atoms with Gasteiger partial charge in [-0.05, 0) is 143 Å². The largest absolute Gasteiger partial charge is 0.412 e. The van der Waals surface area contributed by atoms with Gasteiger partial charge in [0.2, 0.25) is 0 Å². The summed E-state index contributed by atoms with van der Waals surface area (Å²) in [5.74, 6) is 7.51. The molecule has 0 unspecified atom stereocenters. The number of hydrogen-bond acceptors (Lipinski definition) is 24. The Labute approximate surface area is 824 Å². The lowest BCUT2D eigenvalue weighted by Gasteiger charge is -2.15. The van der Waals surface area contributed by atoms with E-state index in [-0.39, 0.29) is 91.2 Å². The molecule has 1 aromatic heterocycles. The summed E-state index contributed by atoms with van der Waals surface area (Å²) in [6.07, 6.45) is 9.75. The number of thioether (sulfide) groups is 3. The van der Waals surface area contributed by atoms with E-state index in [1.54, 1.807) is 11.3 Å². The molecule has 134 heavy (non-hydrogen) atoms. The average Bonchev–Trinajstić information content (AvgIpc) is 1.69. The lowest BCUT2D eigenvalue weighted by Crippen LogP contribution is -2.20. The van der Waals surface area contributed by atoms with Gasteiger partial charge in [-0.15, -0.1) is 11.3 Å². The molecule has 0 aliphatic carbocycles. The van der Waals surface area contributed by atoms with Gasteiger partial charge in [0.1, 0.15) is 6.67 Å². The summed E-state index contributed by atoms with van der Waals surface area (Å²) in [5, 5.41) is 47.1. The molecule has 0 saturated heterocycles. The van der Waals surface area contributed by atoms with Crippen LogP contribution in [0.4, 0.5) is 61.9 Å². The first-order chi connectivity index (χ1) is 60.8. The van der Waals surface area contributed by atoms with Crippen LogP contribution in [0.2, 0.25) is 0 Å². The number of benzodiazepines with no additional fused rings is 1. The zero-order valence-corrected chi connectivity index (χ0v) is 75.1. The zero-order valence-electron chi connectivity index (χ0n) is 71.0. The van der Waals surface area contributed by atoms with E-state index in [0.717, 1.165) is 164 Å². The van der Waals surface area contributed by atoms with E-state index in [4.69, 9.17) is 14.2 Å². The fourth-order valence-corrected chi connectivity index (χ4v) is 18.9. The van der Waals surface area contributed by atoms with E-state index in [1.165, 1.54) is 137 Å². The molecule has 11 aromatic rings. The van der Waals surface area contributed by atoms with Crippen molar-refractivity contribution < 1.29 is 28.1 Å². The minimum atomic E-state index is -2.90. The fourth-order valence-electron chi connectivity index (χ4n) is 14.2. The monoisotopic (exact) mass is 1930 g/mol. The number of anilines is 11. The predicted molar refractivity (Wildman–Crippen MR) is 601 cm³/mol. The lowest BCUT2D eigenvalue weighted by molar-refractivity contribution is 0.134. The van der Waals surface area contributed by atoms with Crippen LogP contribution >= 0.6 is 46.6 Å². The third-order valence-electron chi connectivity index (χ3n) is 20.7. The molecule has 0 saturated carbocycles. The van der Waals surface area contributed by atoms with Crippen LogP contribution in [-0.4, -0.2) is 161 Å². The number of hydrogen-bond donors (Lipinski definition) is 13. The van der Waals surface area contributed by atoms with E-state index >= 15 is 0 Å². The number of fused-ring (bicyclic) bond motifs is 11. The fraction of sp³-hybridized carbons (Fsp3) is 0.389. The number of benzene rings is 10. The number of thiophene rings is 1. The van der Waals surface area contributed by atoms with Crippen molar-refractivity contribution in [2.45, 2.75) is 143 Å². The Balaban J connectivity index is 0.000000731. The molecule has 0 amide bonds. The van der Waals surface area contributed by atoms with Crippen molar-refractivity contribution in [3.8, 4) is 0 Å². The quantitative estimate of drug-likeness (QED) is 0.0672. The summed E-state index contributed by atoms with van der Waals surface area (Å²) < 4.78 is 38.8. The third-order valence-corrected chi connectivity index (χ3v) is 26.2. The van der Waals surface area contributed by atoms with E-state index in [2.05, 4.69) is 261 Å². The van der Waals surface area contributed by atoms with Crippen molar-refractivity contribution in [2.24, 2.45) is 10.1 Å². The van der Waals surface area contributed by atoms with Crippen molar-refractivity contribution in [3.05, 3.63) is 315 Å². The molecule has 11 aliphatic rings. The van der Waals surface area contributed by atoms with E-state index in [9.17, 15) is 8.42 Å². The first kappa shape index (κ1) is 122. The van der Waals surface area contributed by atoms with Crippen molar-refractivity contribution in [1.29, 1.82) is 0 Å². The molecule has 21 nitrogen and oxygen atoms in total. The average molecular weight is 1930 g/mol. The van der Waals surface area contributed by atoms with Crippen molar-refractivity contribution in [3.63, 3.8) is 0 Å². The smallest absolute Gasteiger partial charge is 0.156 e. The highest BCUT2D eigenvalue weighted by Gasteiger charge is 2.19. The molecule has 0 bridgehead atoms. The van der Waals surface area contributed by atoms with Crippen LogP contribution in [0.25, 0.3) is 0 Å². The van der Waals surface area contributed by atoms with Gasteiger partial charge in [0.05, 0.1) is 75.6 Å². The molecule has 26 heteroatoms. The molecule has 0 atom stereocenters. The number of nitrogens with zero attached hydrogens (tertiary/aromatic N) is 2. The molecule has 12 heterocycles. The van der Waals surface area contributed by atoms with Crippen LogP contribution < -0.4 is 69.2 Å². The van der Waals surface area contributed by atoms with E-state index in [0.29, 0.717) is 13.2 Å². The molecule has 15 N–H and O–H groups in total. The van der Waals surface area contributed by atoms with E-state index < -0.39 is 9.84 Å². The van der Waals surface area contributed by atoms with Gasteiger partial charge >= 0.3 is 0 Å². The van der Waals surface area contributed by atoms with Gasteiger partial charge in [0.25, 0.3) is 0 Å². The number of para-hydroxylation sites is 10. The van der Waals surface area contributed by atoms with Gasteiger partial charge in [-0.2, -0.15) is 40.4 Å². The Kier molecular flexibility index (Phi) is 64.6. The number of ether oxygens (including phenoxy) is 3. The summed E-state index contributed by atoms with van der Waals surface area (Å²) in [4.78, 5) is 4.22. The molecule has 736 valence electrons. The molecule has 0 spiro atoms. The van der Waals surface area contributed by atoms with Gasteiger partial charge in [-0.1, -0.05) is 256 Å². The number of sulfone groups is 1. The Morgan fingerprint density at radius 1 is 0.299 bits per heavy atom. The normalized spacial score (nSPS) is 15.2. The van der Waals surface area contributed by atoms with Crippen LogP contribution in [0, 0.1) is 0 Å². The van der Waals surface area contributed by atoms with Crippen molar-refractivity contribution in [1.82, 2.24) is 10.7 Å². The van der Waals surface area contributed by atoms with Crippen LogP contribution in [-0.2, 0) is 79.5 Å². The minimum Gasteiger partial charge on any atom is -0.412 e. The maximum atomic E-state index is 11.4. The summed E-state index contributed by atoms with van der Waals surface area (Å²) >= 11 is 7.74. The maximum absolute atomic E-state index is 11.4. The van der Waals surface area contributed by atoms with Gasteiger partial charge in [-0.3, -0.25) is 15.7 Å². The van der Waals surface area contributed by atoms with Gasteiger partial charge < -0.3 is 78.2 Å². The highest BCUT2D eigenvalue weighted by molar-refractivity contribution is 7.99. The summed E-state index contributed by atoms with van der Waals surface area (Å²) in [5.41, 5.74) is 29.5. The van der Waals surface area contributed by atoms with Crippen molar-refractivity contribution in [2.75, 3.05) is 193 Å². The maximum Gasteiger partial charge on any atom is 0.156 e. The molecule has 0 radical (unpaired) electrons. The third kappa shape index (κ3) is 43.1. The topological polar surface area (TPSA) is 274 Å². The summed E-state index contributed by atoms with van der Waals surface area (Å²) in [6, 6.07) is 85.2. The van der Waals surface area contributed by atoms with Gasteiger partial charge in [0, 0.05) is 185 Å². The number of hydrazone groups is 1. The van der Waals surface area contributed by atoms with Crippen LogP contribution in [0.3, 0.4) is 0 Å². The molecular formula is C108H163N15O6S5. The standard InChI is InChI=1S/C10H13NO.C10H13N.C9H10N2.C9H12N2.C9H11NO2S.C9H11NO.3C9H11NS.C8H9N3.C7H9NOS.10CH4.H2O/c1-2-4-10-9(3-1)5-7-12-8-6-11-10;1-2-7-10-9(5-1)6-3-4-8-11-10;1-2-4-9-8(3-1)7-10-5-6-11-9;1-2-4-9-8(3-1)5-6-10-7-11-9;11-13(12)6-5-10-9-4-2-1-3-8(9)7-13;4*1-2-4-9-8(3-1)7-11-6-5-10-9;1-2-4-8-7(3-1)5-10-11-6-9-8;1-4-10-7-6(1)5-9-3-2-8-7;;;;;;;;;;;/h1-4,11H,5-8H2;1-2,5,7,11H,3-4,6,8H2;1-4,7,11H,5-6H2;1-4,10-11H,5-7H2;1-4,10H,5-7H2;4*1-4,10H,5-7H2;1-5,9,11H,6H2;1,4,8H,2-3,5H2;10*1H4;1H2. The highest BCUT2D eigenvalue weighted by Crippen LogP contribution is 2.30. The van der Waals surface area contributed by atoms with Crippen LogP contribution in [0.15, 0.2) is 264 Å². The van der Waals surface area contributed by atoms with E-state index in [1.807, 2.05) is 121 Å².